The third-order valence-electron chi connectivity index (χ3n) is 3.79. The summed E-state index contributed by atoms with van der Waals surface area (Å²) in [6.07, 6.45) is 3.43. The Morgan fingerprint density at radius 2 is 1.96 bits per heavy atom. The summed E-state index contributed by atoms with van der Waals surface area (Å²) < 4.78 is 13.1. The number of piperazine rings is 1. The summed E-state index contributed by atoms with van der Waals surface area (Å²) in [6.45, 7) is 4.35. The summed E-state index contributed by atoms with van der Waals surface area (Å²) in [5.41, 5.74) is 1.19. The van der Waals surface area contributed by atoms with Crippen LogP contribution in [0.3, 0.4) is 0 Å². The average molecular weight is 335 g/mol. The molecule has 0 bridgehead atoms. The van der Waals surface area contributed by atoms with Gasteiger partial charge in [-0.3, -0.25) is 9.78 Å². The lowest BCUT2D eigenvalue weighted by Crippen LogP contribution is -2.49. The highest BCUT2D eigenvalue weighted by molar-refractivity contribution is 6.33. The summed E-state index contributed by atoms with van der Waals surface area (Å²) in [6, 6.07) is 3.84. The van der Waals surface area contributed by atoms with Crippen LogP contribution in [-0.4, -0.2) is 47.0 Å². The largest absolute Gasteiger partial charge is 0.352 e. The second-order valence-corrected chi connectivity index (χ2v) is 5.83. The van der Waals surface area contributed by atoms with Gasteiger partial charge < -0.3 is 9.80 Å². The van der Waals surface area contributed by atoms with Gasteiger partial charge in [-0.25, -0.2) is 9.37 Å². The minimum atomic E-state index is -0.450. The van der Waals surface area contributed by atoms with Crippen LogP contribution in [0.15, 0.2) is 30.6 Å². The van der Waals surface area contributed by atoms with E-state index in [1.807, 2.05) is 6.92 Å². The average Bonchev–Trinajstić information content (AvgIpc) is 2.54. The lowest BCUT2D eigenvalue weighted by atomic mass is 10.1. The zero-order valence-electron chi connectivity index (χ0n) is 12.7. The number of halogens is 2. The number of hydrogen-bond acceptors (Lipinski definition) is 4. The van der Waals surface area contributed by atoms with Gasteiger partial charge in [-0.1, -0.05) is 11.6 Å². The Morgan fingerprint density at radius 3 is 2.61 bits per heavy atom. The van der Waals surface area contributed by atoms with Crippen LogP contribution in [0.4, 0.5) is 10.2 Å². The van der Waals surface area contributed by atoms with Crippen LogP contribution in [-0.2, 0) is 0 Å². The lowest BCUT2D eigenvalue weighted by molar-refractivity contribution is 0.0746. The number of hydrogen-bond donors (Lipinski definition) is 0. The van der Waals surface area contributed by atoms with Gasteiger partial charge in [0.15, 0.2) is 0 Å². The summed E-state index contributed by atoms with van der Waals surface area (Å²) in [7, 11) is 0. The molecule has 1 fully saturated rings. The van der Waals surface area contributed by atoms with Gasteiger partial charge in [-0.05, 0) is 25.1 Å². The number of anilines is 1. The van der Waals surface area contributed by atoms with Crippen molar-refractivity contribution in [1.82, 2.24) is 14.9 Å². The van der Waals surface area contributed by atoms with Crippen molar-refractivity contribution in [2.24, 2.45) is 0 Å². The predicted molar refractivity (Wildman–Crippen MR) is 86.3 cm³/mol. The van der Waals surface area contributed by atoms with Crippen molar-refractivity contribution < 1.29 is 9.18 Å². The Morgan fingerprint density at radius 1 is 1.22 bits per heavy atom. The molecule has 1 aliphatic rings. The first-order chi connectivity index (χ1) is 11.0. The molecule has 23 heavy (non-hydrogen) atoms. The molecule has 0 atom stereocenters. The molecule has 7 heteroatoms. The second-order valence-electron chi connectivity index (χ2n) is 5.42. The molecule has 0 radical (unpaired) electrons. The van der Waals surface area contributed by atoms with E-state index >= 15 is 0 Å². The summed E-state index contributed by atoms with van der Waals surface area (Å²) in [5, 5.41) is 0.141. The van der Waals surface area contributed by atoms with E-state index < -0.39 is 5.82 Å². The molecule has 1 saturated heterocycles. The molecule has 0 spiro atoms. The van der Waals surface area contributed by atoms with Crippen LogP contribution in [0.2, 0.25) is 5.02 Å². The van der Waals surface area contributed by atoms with E-state index in [0.717, 1.165) is 17.6 Å². The highest BCUT2D eigenvalue weighted by atomic mass is 35.5. The first kappa shape index (κ1) is 15.7. The number of rotatable bonds is 2. The molecule has 0 N–H and O–H groups in total. The van der Waals surface area contributed by atoms with Crippen molar-refractivity contribution in [2.75, 3.05) is 31.1 Å². The smallest absolute Gasteiger partial charge is 0.255 e. The Bertz CT molecular complexity index is 732. The molecule has 5 nitrogen and oxygen atoms in total. The van der Waals surface area contributed by atoms with Gasteiger partial charge in [0.05, 0.1) is 22.5 Å². The SMILES string of the molecule is Cc1cncc(N2CCN(C(=O)c3ccc(F)cc3Cl)CC2)n1. The highest BCUT2D eigenvalue weighted by Gasteiger charge is 2.24. The van der Waals surface area contributed by atoms with Gasteiger partial charge in [-0.2, -0.15) is 0 Å². The van der Waals surface area contributed by atoms with Crippen LogP contribution in [0, 0.1) is 12.7 Å². The predicted octanol–water partition coefficient (Wildman–Crippen LogP) is 2.54. The van der Waals surface area contributed by atoms with E-state index in [-0.39, 0.29) is 10.9 Å². The molecule has 0 unspecified atom stereocenters. The summed E-state index contributed by atoms with van der Waals surface area (Å²) >= 11 is 5.97. The normalized spacial score (nSPS) is 14.9. The number of benzene rings is 1. The molecule has 2 aromatic rings. The van der Waals surface area contributed by atoms with E-state index in [4.69, 9.17) is 11.6 Å². The van der Waals surface area contributed by atoms with E-state index in [9.17, 15) is 9.18 Å². The van der Waals surface area contributed by atoms with Crippen LogP contribution < -0.4 is 4.90 Å². The third-order valence-corrected chi connectivity index (χ3v) is 4.11. The molecule has 0 aliphatic carbocycles. The number of carbonyl (C=O) groups excluding carboxylic acids is 1. The molecule has 2 heterocycles. The topological polar surface area (TPSA) is 49.3 Å². The van der Waals surface area contributed by atoms with Gasteiger partial charge in [0.25, 0.3) is 5.91 Å². The molecule has 1 aromatic heterocycles. The first-order valence-electron chi connectivity index (χ1n) is 7.32. The Labute approximate surface area is 138 Å². The monoisotopic (exact) mass is 334 g/mol. The fourth-order valence-electron chi connectivity index (χ4n) is 2.57. The van der Waals surface area contributed by atoms with Crippen molar-refractivity contribution in [3.63, 3.8) is 0 Å². The molecule has 3 rings (SSSR count). The fraction of sp³-hybridized carbons (Fsp3) is 0.312. The molecular weight excluding hydrogens is 319 g/mol. The zero-order valence-corrected chi connectivity index (χ0v) is 13.4. The van der Waals surface area contributed by atoms with Crippen LogP contribution in [0.25, 0.3) is 0 Å². The zero-order chi connectivity index (χ0) is 16.4. The van der Waals surface area contributed by atoms with E-state index in [1.54, 1.807) is 17.3 Å². The number of amides is 1. The number of aromatic nitrogens is 2. The standard InChI is InChI=1S/C16H16ClFN4O/c1-11-9-19-10-15(20-11)21-4-6-22(7-5-21)16(23)13-3-2-12(18)8-14(13)17/h2-3,8-10H,4-7H2,1H3. The van der Waals surface area contributed by atoms with Gasteiger partial charge in [-0.15, -0.1) is 0 Å². The van der Waals surface area contributed by atoms with Crippen molar-refractivity contribution in [3.05, 3.63) is 52.7 Å². The van der Waals surface area contributed by atoms with E-state index in [0.29, 0.717) is 31.7 Å². The van der Waals surface area contributed by atoms with Crippen LogP contribution in [0.1, 0.15) is 16.1 Å². The maximum absolute atomic E-state index is 13.1. The van der Waals surface area contributed by atoms with Gasteiger partial charge >= 0.3 is 0 Å². The molecule has 1 aliphatic heterocycles. The maximum Gasteiger partial charge on any atom is 0.255 e. The van der Waals surface area contributed by atoms with Crippen molar-refractivity contribution in [2.45, 2.75) is 6.92 Å². The van der Waals surface area contributed by atoms with Crippen LogP contribution >= 0.6 is 11.6 Å². The number of carbonyl (C=O) groups is 1. The van der Waals surface area contributed by atoms with Crippen molar-refractivity contribution >= 4 is 23.3 Å². The maximum atomic E-state index is 13.1. The Balaban J connectivity index is 1.68. The summed E-state index contributed by atoms with van der Waals surface area (Å²) in [5.74, 6) is 0.191. The van der Waals surface area contributed by atoms with E-state index in [1.165, 1.54) is 12.1 Å². The quantitative estimate of drug-likeness (QED) is 0.847. The van der Waals surface area contributed by atoms with Gasteiger partial charge in [0.2, 0.25) is 0 Å². The van der Waals surface area contributed by atoms with Crippen LogP contribution in [0.5, 0.6) is 0 Å². The van der Waals surface area contributed by atoms with Crippen molar-refractivity contribution in [3.8, 4) is 0 Å². The third kappa shape index (κ3) is 3.42. The number of nitrogens with zero attached hydrogens (tertiary/aromatic N) is 4. The molecule has 1 amide bonds. The molecule has 0 saturated carbocycles. The molecular formula is C16H16ClFN4O. The first-order valence-corrected chi connectivity index (χ1v) is 7.70. The van der Waals surface area contributed by atoms with E-state index in [2.05, 4.69) is 14.9 Å². The highest BCUT2D eigenvalue weighted by Crippen LogP contribution is 2.20. The minimum Gasteiger partial charge on any atom is -0.352 e. The molecule has 1 aromatic carbocycles. The Kier molecular flexibility index (Phi) is 4.43. The molecule has 120 valence electrons. The number of aryl methyl sites for hydroxylation is 1. The van der Waals surface area contributed by atoms with Gasteiger partial charge in [0.1, 0.15) is 11.6 Å². The van der Waals surface area contributed by atoms with Crippen molar-refractivity contribution in [1.29, 1.82) is 0 Å². The van der Waals surface area contributed by atoms with Gasteiger partial charge in [0, 0.05) is 32.4 Å². The minimum absolute atomic E-state index is 0.141. The second kappa shape index (κ2) is 6.50. The Hall–Kier alpha value is -2.21. The lowest BCUT2D eigenvalue weighted by Gasteiger charge is -2.35. The fourth-order valence-corrected chi connectivity index (χ4v) is 2.82. The summed E-state index contributed by atoms with van der Waals surface area (Å²) in [4.78, 5) is 24.9.